The Morgan fingerprint density at radius 2 is 2.00 bits per heavy atom. The summed E-state index contributed by atoms with van der Waals surface area (Å²) in [6.45, 7) is 6.61. The number of aliphatic hydroxyl groups excluding tert-OH is 1. The minimum absolute atomic E-state index is 0.150. The molecule has 1 aliphatic rings. The Labute approximate surface area is 141 Å². The molecule has 0 unspecified atom stereocenters. The zero-order valence-electron chi connectivity index (χ0n) is 14.7. The number of hydrogen-bond acceptors (Lipinski definition) is 5. The molecule has 0 radical (unpaired) electrons. The molecule has 2 amide bonds. The first-order valence-corrected chi connectivity index (χ1v) is 8.13. The number of hydrogen-bond donors (Lipinski definition) is 2. The topological polar surface area (TPSA) is 96.7 Å². The molecule has 0 aliphatic carbocycles. The monoisotopic (exact) mass is 338 g/mol. The number of likely N-dealkylation sites (tertiary alicyclic amines) is 1. The van der Waals surface area contributed by atoms with Gasteiger partial charge in [-0.2, -0.15) is 5.10 Å². The zero-order chi connectivity index (χ0) is 17.9. The van der Waals surface area contributed by atoms with E-state index in [1.165, 1.54) is 4.68 Å². The van der Waals surface area contributed by atoms with Gasteiger partial charge in [0.1, 0.15) is 5.60 Å². The van der Waals surface area contributed by atoms with Crippen molar-refractivity contribution >= 4 is 17.7 Å². The smallest absolute Gasteiger partial charge is 0.412 e. The van der Waals surface area contributed by atoms with Crippen LogP contribution in [0.3, 0.4) is 0 Å². The van der Waals surface area contributed by atoms with Crippen LogP contribution in [0.25, 0.3) is 0 Å². The van der Waals surface area contributed by atoms with Gasteiger partial charge in [-0.05, 0) is 39.5 Å². The van der Waals surface area contributed by atoms with Crippen molar-refractivity contribution in [3.05, 3.63) is 11.9 Å². The molecule has 2 heterocycles. The van der Waals surface area contributed by atoms with Crippen molar-refractivity contribution in [2.24, 2.45) is 13.0 Å². The van der Waals surface area contributed by atoms with Gasteiger partial charge in [0, 0.05) is 32.9 Å². The van der Waals surface area contributed by atoms with Crippen molar-refractivity contribution in [2.45, 2.75) is 39.2 Å². The van der Waals surface area contributed by atoms with E-state index in [1.54, 1.807) is 38.9 Å². The minimum Gasteiger partial charge on any atom is -0.444 e. The quantitative estimate of drug-likeness (QED) is 0.873. The van der Waals surface area contributed by atoms with Crippen LogP contribution in [-0.2, 0) is 11.8 Å². The molecule has 0 spiro atoms. The average molecular weight is 338 g/mol. The van der Waals surface area contributed by atoms with Gasteiger partial charge in [-0.15, -0.1) is 0 Å². The molecule has 1 saturated heterocycles. The fourth-order valence-electron chi connectivity index (χ4n) is 2.62. The van der Waals surface area contributed by atoms with Crippen LogP contribution < -0.4 is 5.32 Å². The van der Waals surface area contributed by atoms with Crippen molar-refractivity contribution < 1.29 is 19.4 Å². The number of aliphatic hydroxyl groups is 1. The van der Waals surface area contributed by atoms with Gasteiger partial charge in [-0.3, -0.25) is 14.8 Å². The van der Waals surface area contributed by atoms with Crippen molar-refractivity contribution in [3.8, 4) is 0 Å². The molecule has 1 fully saturated rings. The summed E-state index contributed by atoms with van der Waals surface area (Å²) >= 11 is 0. The number of rotatable bonds is 3. The largest absolute Gasteiger partial charge is 0.444 e. The molecule has 2 rings (SSSR count). The van der Waals surface area contributed by atoms with Crippen molar-refractivity contribution in [3.63, 3.8) is 0 Å². The number of anilines is 1. The van der Waals surface area contributed by atoms with Crippen molar-refractivity contribution in [1.82, 2.24) is 14.7 Å². The molecule has 0 bridgehead atoms. The van der Waals surface area contributed by atoms with E-state index in [1.807, 2.05) is 0 Å². The van der Waals surface area contributed by atoms with Gasteiger partial charge in [0.05, 0.1) is 5.69 Å². The molecule has 24 heavy (non-hydrogen) atoms. The highest BCUT2D eigenvalue weighted by atomic mass is 16.6. The summed E-state index contributed by atoms with van der Waals surface area (Å²) in [6, 6.07) is 0. The van der Waals surface area contributed by atoms with E-state index >= 15 is 0 Å². The Morgan fingerprint density at radius 1 is 1.38 bits per heavy atom. The number of aromatic nitrogens is 2. The molecule has 0 atom stereocenters. The fourth-order valence-corrected chi connectivity index (χ4v) is 2.62. The Bertz CT molecular complexity index is 598. The van der Waals surface area contributed by atoms with E-state index in [0.29, 0.717) is 18.8 Å². The molecule has 1 aliphatic heterocycles. The van der Waals surface area contributed by atoms with E-state index in [-0.39, 0.29) is 24.1 Å². The van der Waals surface area contributed by atoms with Crippen LogP contribution in [0.2, 0.25) is 0 Å². The van der Waals surface area contributed by atoms with E-state index < -0.39 is 11.7 Å². The number of piperidine rings is 1. The second-order valence-electron chi connectivity index (χ2n) is 7.11. The van der Waals surface area contributed by atoms with Crippen molar-refractivity contribution in [2.75, 3.05) is 25.0 Å². The summed E-state index contributed by atoms with van der Waals surface area (Å²) in [7, 11) is 1.69. The summed E-state index contributed by atoms with van der Waals surface area (Å²) < 4.78 is 6.71. The van der Waals surface area contributed by atoms with E-state index in [0.717, 1.165) is 12.8 Å². The maximum Gasteiger partial charge on any atom is 0.412 e. The second-order valence-corrected chi connectivity index (χ2v) is 7.11. The average Bonchev–Trinajstić information content (AvgIpc) is 2.85. The molecular weight excluding hydrogens is 312 g/mol. The molecule has 0 saturated carbocycles. The number of carbonyl (C=O) groups is 2. The summed E-state index contributed by atoms with van der Waals surface area (Å²) in [5.74, 6) is 0.0233. The normalized spacial score (nSPS) is 16.1. The van der Waals surface area contributed by atoms with Gasteiger partial charge in [-0.25, -0.2) is 4.79 Å². The Kier molecular flexibility index (Phi) is 5.48. The summed E-state index contributed by atoms with van der Waals surface area (Å²) in [5.41, 5.74) is -0.0883. The third-order valence-electron chi connectivity index (χ3n) is 3.83. The predicted octanol–water partition coefficient (Wildman–Crippen LogP) is 1.61. The SMILES string of the molecule is Cn1cc(NC(=O)OC(C)(C)C)c(C(=O)N2CCC(CO)CC2)n1. The number of aryl methyl sites for hydroxylation is 1. The Hall–Kier alpha value is -2.09. The number of nitrogens with one attached hydrogen (secondary N) is 1. The fraction of sp³-hybridized carbons (Fsp3) is 0.688. The summed E-state index contributed by atoms with van der Waals surface area (Å²) in [5, 5.41) is 16.0. The molecule has 2 N–H and O–H groups in total. The van der Waals surface area contributed by atoms with Crippen LogP contribution in [0.15, 0.2) is 6.20 Å². The second kappa shape index (κ2) is 7.21. The molecule has 1 aromatic heterocycles. The highest BCUT2D eigenvalue weighted by Gasteiger charge is 2.28. The first-order valence-electron chi connectivity index (χ1n) is 8.13. The first kappa shape index (κ1) is 18.3. The lowest BCUT2D eigenvalue weighted by Crippen LogP contribution is -2.39. The summed E-state index contributed by atoms with van der Waals surface area (Å²) in [6.07, 6.45) is 2.49. The van der Waals surface area contributed by atoms with Crippen LogP contribution in [0, 0.1) is 5.92 Å². The lowest BCUT2D eigenvalue weighted by atomic mass is 9.98. The highest BCUT2D eigenvalue weighted by Crippen LogP contribution is 2.22. The molecule has 134 valence electrons. The predicted molar refractivity (Wildman–Crippen MR) is 88.8 cm³/mol. The van der Waals surface area contributed by atoms with Crippen LogP contribution in [0.4, 0.5) is 10.5 Å². The maximum absolute atomic E-state index is 12.7. The third kappa shape index (κ3) is 4.70. The minimum atomic E-state index is -0.622. The van der Waals surface area contributed by atoms with E-state index in [2.05, 4.69) is 10.4 Å². The third-order valence-corrected chi connectivity index (χ3v) is 3.83. The first-order chi connectivity index (χ1) is 11.2. The standard InChI is InChI=1S/C16H26N4O4/c1-16(2,3)24-15(23)17-12-9-19(4)18-13(12)14(22)20-7-5-11(10-21)6-8-20/h9,11,21H,5-8,10H2,1-4H3,(H,17,23). The van der Waals surface area contributed by atoms with Gasteiger partial charge >= 0.3 is 6.09 Å². The highest BCUT2D eigenvalue weighted by molar-refractivity contribution is 6.01. The Balaban J connectivity index is 2.08. The van der Waals surface area contributed by atoms with Gasteiger partial charge < -0.3 is 14.7 Å². The number of carbonyl (C=O) groups excluding carboxylic acids is 2. The number of nitrogens with zero attached hydrogens (tertiary/aromatic N) is 3. The zero-order valence-corrected chi connectivity index (χ0v) is 14.7. The molecule has 8 heteroatoms. The molecule has 8 nitrogen and oxygen atoms in total. The lowest BCUT2D eigenvalue weighted by Gasteiger charge is -2.30. The van der Waals surface area contributed by atoms with Crippen LogP contribution in [0.1, 0.15) is 44.1 Å². The van der Waals surface area contributed by atoms with E-state index in [9.17, 15) is 14.7 Å². The van der Waals surface area contributed by atoms with Crippen LogP contribution in [0.5, 0.6) is 0 Å². The van der Waals surface area contributed by atoms with Gasteiger partial charge in [0.2, 0.25) is 0 Å². The number of ether oxygens (including phenoxy) is 1. The van der Waals surface area contributed by atoms with Gasteiger partial charge in [0.15, 0.2) is 5.69 Å². The molecule has 1 aromatic rings. The lowest BCUT2D eigenvalue weighted by molar-refractivity contribution is 0.0635. The van der Waals surface area contributed by atoms with Gasteiger partial charge in [-0.1, -0.05) is 0 Å². The molecular formula is C16H26N4O4. The summed E-state index contributed by atoms with van der Waals surface area (Å²) in [4.78, 5) is 26.3. The van der Waals surface area contributed by atoms with Crippen molar-refractivity contribution in [1.29, 1.82) is 0 Å². The van der Waals surface area contributed by atoms with Crippen LogP contribution >= 0.6 is 0 Å². The Morgan fingerprint density at radius 3 is 2.54 bits per heavy atom. The van der Waals surface area contributed by atoms with Crippen LogP contribution in [-0.4, -0.2) is 57.1 Å². The van der Waals surface area contributed by atoms with Gasteiger partial charge in [0.25, 0.3) is 5.91 Å². The number of amides is 2. The maximum atomic E-state index is 12.7. The van der Waals surface area contributed by atoms with E-state index in [4.69, 9.17) is 4.74 Å². The molecule has 0 aromatic carbocycles.